The second-order valence-corrected chi connectivity index (χ2v) is 8.91. The molecule has 0 unspecified atom stereocenters. The van der Waals surface area contributed by atoms with Crippen molar-refractivity contribution >= 4 is 28.6 Å². The molecule has 6 heteroatoms. The Hall–Kier alpha value is -1.82. The fourth-order valence-corrected chi connectivity index (χ4v) is 4.80. The lowest BCUT2D eigenvalue weighted by Crippen LogP contribution is -2.46. The molecule has 146 valence electrons. The van der Waals surface area contributed by atoms with Crippen LogP contribution in [-0.2, 0) is 11.3 Å². The minimum absolute atomic E-state index is 0.0241. The van der Waals surface area contributed by atoms with Gasteiger partial charge in [0.25, 0.3) is 5.56 Å². The van der Waals surface area contributed by atoms with Gasteiger partial charge in [-0.3, -0.25) is 14.2 Å². The van der Waals surface area contributed by atoms with Crippen LogP contribution in [0.5, 0.6) is 0 Å². The number of fused-ring (bicyclic) bond motifs is 1. The van der Waals surface area contributed by atoms with E-state index in [4.69, 9.17) is 0 Å². The number of thioether (sulfide) groups is 1. The molecule has 2 aromatic rings. The van der Waals surface area contributed by atoms with Crippen molar-refractivity contribution in [3.63, 3.8) is 0 Å². The molecule has 0 bridgehead atoms. The Morgan fingerprint density at radius 3 is 2.81 bits per heavy atom. The molecular weight excluding hydrogens is 358 g/mol. The zero-order valence-corrected chi connectivity index (χ0v) is 17.4. The lowest BCUT2D eigenvalue weighted by atomic mass is 9.78. The van der Waals surface area contributed by atoms with E-state index in [1.807, 2.05) is 32.0 Å². The van der Waals surface area contributed by atoms with E-state index >= 15 is 0 Å². The van der Waals surface area contributed by atoms with E-state index in [2.05, 4.69) is 24.1 Å². The van der Waals surface area contributed by atoms with E-state index in [1.54, 1.807) is 10.6 Å². The van der Waals surface area contributed by atoms with Gasteiger partial charge in [0, 0.05) is 12.6 Å². The van der Waals surface area contributed by atoms with Gasteiger partial charge in [-0.25, -0.2) is 4.98 Å². The van der Waals surface area contributed by atoms with Crippen molar-refractivity contribution in [3.8, 4) is 0 Å². The molecule has 1 heterocycles. The molecule has 0 saturated heterocycles. The van der Waals surface area contributed by atoms with Crippen LogP contribution in [-0.4, -0.2) is 26.8 Å². The van der Waals surface area contributed by atoms with E-state index < -0.39 is 0 Å². The molecule has 1 saturated carbocycles. The highest BCUT2D eigenvalue weighted by molar-refractivity contribution is 8.00. The molecule has 27 heavy (non-hydrogen) atoms. The molecule has 1 fully saturated rings. The first kappa shape index (κ1) is 19.9. The Morgan fingerprint density at radius 1 is 1.33 bits per heavy atom. The van der Waals surface area contributed by atoms with Crippen LogP contribution in [0.3, 0.4) is 0 Å². The molecule has 3 rings (SSSR count). The maximum Gasteiger partial charge on any atom is 0.262 e. The van der Waals surface area contributed by atoms with Crippen molar-refractivity contribution in [2.75, 3.05) is 0 Å². The third-order valence-corrected chi connectivity index (χ3v) is 6.92. The number of benzene rings is 1. The molecular formula is C21H29N3O2S. The zero-order valence-electron chi connectivity index (χ0n) is 16.6. The summed E-state index contributed by atoms with van der Waals surface area (Å²) < 4.78 is 1.65. The van der Waals surface area contributed by atoms with Crippen LogP contribution in [0.4, 0.5) is 0 Å². The SMILES string of the molecule is CCn1c(S[C@H](C)C(=O)N[C@@H]2CCC[C@@H](C)[C@H]2C)nc2ccccc2c1=O. The van der Waals surface area contributed by atoms with Gasteiger partial charge in [-0.15, -0.1) is 0 Å². The van der Waals surface area contributed by atoms with Crippen LogP contribution < -0.4 is 10.9 Å². The van der Waals surface area contributed by atoms with Crippen molar-refractivity contribution in [2.24, 2.45) is 11.8 Å². The van der Waals surface area contributed by atoms with Gasteiger partial charge in [-0.05, 0) is 44.2 Å². The summed E-state index contributed by atoms with van der Waals surface area (Å²) in [5, 5.41) is 4.15. The Labute approximate surface area is 164 Å². The largest absolute Gasteiger partial charge is 0.352 e. The van der Waals surface area contributed by atoms with Gasteiger partial charge in [0.15, 0.2) is 5.16 Å². The summed E-state index contributed by atoms with van der Waals surface area (Å²) in [6, 6.07) is 7.60. The summed E-state index contributed by atoms with van der Waals surface area (Å²) >= 11 is 1.36. The lowest BCUT2D eigenvalue weighted by Gasteiger charge is -2.35. The van der Waals surface area contributed by atoms with E-state index in [0.717, 1.165) is 6.42 Å². The number of para-hydroxylation sites is 1. The average molecular weight is 388 g/mol. The average Bonchev–Trinajstić information content (AvgIpc) is 2.65. The first-order valence-electron chi connectivity index (χ1n) is 9.89. The van der Waals surface area contributed by atoms with Gasteiger partial charge in [0.2, 0.25) is 5.91 Å². The first-order chi connectivity index (χ1) is 12.9. The van der Waals surface area contributed by atoms with Gasteiger partial charge in [-0.2, -0.15) is 0 Å². The molecule has 1 amide bonds. The summed E-state index contributed by atoms with van der Waals surface area (Å²) in [6.45, 7) is 8.84. The molecule has 0 aliphatic heterocycles. The van der Waals surface area contributed by atoms with Crippen molar-refractivity contribution in [1.82, 2.24) is 14.9 Å². The monoisotopic (exact) mass is 387 g/mol. The standard InChI is InChI=1S/C21H29N3O2S/c1-5-24-20(26)16-10-6-7-11-18(16)23-21(24)27-15(4)19(25)22-17-12-8-9-13(2)14(17)3/h6-7,10-11,13-15,17H,5,8-9,12H2,1-4H3,(H,22,25)/t13-,14-,15-,17-/m1/s1. The van der Waals surface area contributed by atoms with Gasteiger partial charge in [0.1, 0.15) is 0 Å². The predicted octanol–water partition coefficient (Wildman–Crippen LogP) is 3.84. The molecule has 1 aromatic heterocycles. The van der Waals surface area contributed by atoms with Crippen LogP contribution in [0, 0.1) is 11.8 Å². The number of nitrogens with one attached hydrogen (secondary N) is 1. The Kier molecular flexibility index (Phi) is 6.25. The molecule has 1 aliphatic rings. The summed E-state index contributed by atoms with van der Waals surface area (Å²) in [6.07, 6.45) is 3.45. The molecule has 0 radical (unpaired) electrons. The Morgan fingerprint density at radius 2 is 2.07 bits per heavy atom. The maximum absolute atomic E-state index is 12.8. The quantitative estimate of drug-likeness (QED) is 0.625. The summed E-state index contributed by atoms with van der Waals surface area (Å²) in [7, 11) is 0. The summed E-state index contributed by atoms with van der Waals surface area (Å²) in [4.78, 5) is 30.2. The van der Waals surface area contributed by atoms with Crippen LogP contribution >= 0.6 is 11.8 Å². The lowest BCUT2D eigenvalue weighted by molar-refractivity contribution is -0.121. The van der Waals surface area contributed by atoms with Crippen molar-refractivity contribution in [1.29, 1.82) is 0 Å². The van der Waals surface area contributed by atoms with Gasteiger partial charge < -0.3 is 5.32 Å². The smallest absolute Gasteiger partial charge is 0.262 e. The number of rotatable bonds is 5. The van der Waals surface area contributed by atoms with E-state index in [-0.39, 0.29) is 22.8 Å². The number of hydrogen-bond acceptors (Lipinski definition) is 4. The normalized spacial score (nSPS) is 23.9. The third-order valence-electron chi connectivity index (χ3n) is 5.83. The highest BCUT2D eigenvalue weighted by Gasteiger charge is 2.29. The van der Waals surface area contributed by atoms with E-state index in [0.29, 0.717) is 34.4 Å². The highest BCUT2D eigenvalue weighted by Crippen LogP contribution is 2.30. The number of hydrogen-bond donors (Lipinski definition) is 1. The fraction of sp³-hybridized carbons (Fsp3) is 0.571. The Bertz CT molecular complexity index is 879. The van der Waals surface area contributed by atoms with Gasteiger partial charge in [-0.1, -0.05) is 50.6 Å². The van der Waals surface area contributed by atoms with Gasteiger partial charge in [0.05, 0.1) is 16.2 Å². The van der Waals surface area contributed by atoms with E-state index in [9.17, 15) is 9.59 Å². The number of nitrogens with zero attached hydrogens (tertiary/aromatic N) is 2. The number of carbonyl (C=O) groups is 1. The third kappa shape index (κ3) is 4.21. The van der Waals surface area contributed by atoms with Crippen LogP contribution in [0.2, 0.25) is 0 Å². The van der Waals surface area contributed by atoms with Gasteiger partial charge >= 0.3 is 0 Å². The number of amides is 1. The summed E-state index contributed by atoms with van der Waals surface area (Å²) in [5.41, 5.74) is 0.630. The van der Waals surface area contributed by atoms with E-state index in [1.165, 1.54) is 24.6 Å². The van der Waals surface area contributed by atoms with Crippen LogP contribution in [0.15, 0.2) is 34.2 Å². The van der Waals surface area contributed by atoms with Crippen molar-refractivity contribution in [2.45, 2.75) is 70.0 Å². The van der Waals surface area contributed by atoms with Crippen molar-refractivity contribution < 1.29 is 4.79 Å². The molecule has 5 nitrogen and oxygen atoms in total. The van der Waals surface area contributed by atoms with Crippen LogP contribution in [0.1, 0.15) is 47.0 Å². The van der Waals surface area contributed by atoms with Crippen LogP contribution in [0.25, 0.3) is 10.9 Å². The molecule has 1 aliphatic carbocycles. The second-order valence-electron chi connectivity index (χ2n) is 7.60. The number of carbonyl (C=O) groups excluding carboxylic acids is 1. The minimum atomic E-state index is -0.305. The molecule has 0 spiro atoms. The minimum Gasteiger partial charge on any atom is -0.352 e. The second kappa shape index (κ2) is 8.46. The maximum atomic E-state index is 12.8. The highest BCUT2D eigenvalue weighted by atomic mass is 32.2. The predicted molar refractivity (Wildman–Crippen MR) is 111 cm³/mol. The topological polar surface area (TPSA) is 64.0 Å². The summed E-state index contributed by atoms with van der Waals surface area (Å²) in [5.74, 6) is 1.16. The molecule has 1 aromatic carbocycles. The molecule has 1 N–H and O–H groups in total. The van der Waals surface area contributed by atoms with Crippen molar-refractivity contribution in [3.05, 3.63) is 34.6 Å². The zero-order chi connectivity index (χ0) is 19.6. The Balaban J connectivity index is 1.78. The molecule has 4 atom stereocenters. The fourth-order valence-electron chi connectivity index (χ4n) is 3.81. The number of aromatic nitrogens is 2. The first-order valence-corrected chi connectivity index (χ1v) is 10.8.